The topological polar surface area (TPSA) is 77.8 Å². The number of aryl methyl sites for hydroxylation is 1. The van der Waals surface area contributed by atoms with E-state index in [4.69, 9.17) is 16.7 Å². The van der Waals surface area contributed by atoms with E-state index >= 15 is 0 Å². The third kappa shape index (κ3) is 2.39. The number of carboxylic acid groups (broad SMARTS) is 1. The first-order valence-electron chi connectivity index (χ1n) is 4.77. The third-order valence-corrected chi connectivity index (χ3v) is 2.88. The van der Waals surface area contributed by atoms with Gasteiger partial charge in [-0.05, 0) is 30.5 Å². The molecule has 1 atom stereocenters. The van der Waals surface area contributed by atoms with Gasteiger partial charge in [-0.1, -0.05) is 18.5 Å². The summed E-state index contributed by atoms with van der Waals surface area (Å²) in [5, 5.41) is 27.5. The number of aliphatic carboxylic acids is 1. The number of rotatable bonds is 3. The van der Waals surface area contributed by atoms with E-state index in [-0.39, 0.29) is 17.2 Å². The molecule has 3 N–H and O–H groups in total. The molecule has 5 heteroatoms. The largest absolute Gasteiger partial charge is 0.504 e. The van der Waals surface area contributed by atoms with Gasteiger partial charge in [-0.25, -0.2) is 0 Å². The first-order valence-corrected chi connectivity index (χ1v) is 5.15. The van der Waals surface area contributed by atoms with Crippen molar-refractivity contribution in [1.82, 2.24) is 0 Å². The Bertz CT molecular complexity index is 428. The Hall–Kier alpha value is -1.42. The normalized spacial score (nSPS) is 12.4. The zero-order valence-corrected chi connectivity index (χ0v) is 9.75. The molecule has 0 aliphatic heterocycles. The molecule has 0 amide bonds. The number of halogens is 1. The highest BCUT2D eigenvalue weighted by atomic mass is 35.5. The van der Waals surface area contributed by atoms with Crippen LogP contribution in [0, 0.1) is 12.8 Å². The lowest BCUT2D eigenvalue weighted by Crippen LogP contribution is -2.13. The summed E-state index contributed by atoms with van der Waals surface area (Å²) in [4.78, 5) is 10.7. The highest BCUT2D eigenvalue weighted by molar-refractivity contribution is 6.33. The summed E-state index contributed by atoms with van der Waals surface area (Å²) in [7, 11) is 0. The van der Waals surface area contributed by atoms with Gasteiger partial charge in [-0.2, -0.15) is 0 Å². The molecule has 1 rings (SSSR count). The second kappa shape index (κ2) is 4.61. The number of aromatic hydroxyl groups is 2. The first kappa shape index (κ1) is 12.6. The van der Waals surface area contributed by atoms with Gasteiger partial charge in [-0.3, -0.25) is 4.79 Å². The van der Waals surface area contributed by atoms with Gasteiger partial charge in [0, 0.05) is 0 Å². The van der Waals surface area contributed by atoms with Crippen LogP contribution in [-0.2, 0) is 11.2 Å². The van der Waals surface area contributed by atoms with Crippen LogP contribution in [0.5, 0.6) is 11.5 Å². The number of phenols is 2. The molecule has 16 heavy (non-hydrogen) atoms. The van der Waals surface area contributed by atoms with E-state index in [0.717, 1.165) is 0 Å². The van der Waals surface area contributed by atoms with E-state index in [1.54, 1.807) is 13.8 Å². The fourth-order valence-corrected chi connectivity index (χ4v) is 1.76. The highest BCUT2D eigenvalue weighted by Crippen LogP contribution is 2.38. The zero-order valence-electron chi connectivity index (χ0n) is 8.99. The molecule has 1 aromatic rings. The van der Waals surface area contributed by atoms with Gasteiger partial charge < -0.3 is 15.3 Å². The minimum atomic E-state index is -0.928. The van der Waals surface area contributed by atoms with Crippen molar-refractivity contribution < 1.29 is 20.1 Å². The summed E-state index contributed by atoms with van der Waals surface area (Å²) >= 11 is 5.85. The smallest absolute Gasteiger partial charge is 0.306 e. The van der Waals surface area contributed by atoms with E-state index in [1.807, 2.05) is 0 Å². The Kier molecular flexibility index (Phi) is 3.65. The predicted octanol–water partition coefficient (Wildman–Crippen LogP) is 2.32. The van der Waals surface area contributed by atoms with E-state index in [0.29, 0.717) is 11.1 Å². The molecule has 0 saturated carbocycles. The molecule has 0 fully saturated rings. The maximum Gasteiger partial charge on any atom is 0.306 e. The number of carboxylic acids is 1. The fraction of sp³-hybridized carbons (Fsp3) is 0.364. The predicted molar refractivity (Wildman–Crippen MR) is 60.0 cm³/mol. The van der Waals surface area contributed by atoms with Crippen LogP contribution >= 0.6 is 11.6 Å². The standard InChI is InChI=1S/C11H13ClO4/c1-5-4-8(13)10(14)9(12)7(5)3-6(2)11(15)16/h4,6,13-14H,3H2,1-2H3,(H,15,16). The van der Waals surface area contributed by atoms with Crippen molar-refractivity contribution in [1.29, 1.82) is 0 Å². The van der Waals surface area contributed by atoms with Crippen LogP contribution in [-0.4, -0.2) is 21.3 Å². The minimum absolute atomic E-state index is 0.0191. The summed E-state index contributed by atoms with van der Waals surface area (Å²) in [6.45, 7) is 3.26. The van der Waals surface area contributed by atoms with Gasteiger partial charge in [0.15, 0.2) is 11.5 Å². The van der Waals surface area contributed by atoms with Crippen LogP contribution in [0.15, 0.2) is 6.07 Å². The van der Waals surface area contributed by atoms with Gasteiger partial charge in [0.05, 0.1) is 10.9 Å². The molecule has 88 valence electrons. The lowest BCUT2D eigenvalue weighted by Gasteiger charge is -2.13. The number of hydrogen-bond acceptors (Lipinski definition) is 3. The highest BCUT2D eigenvalue weighted by Gasteiger charge is 2.19. The first-order chi connectivity index (χ1) is 7.34. The van der Waals surface area contributed by atoms with Crippen LogP contribution in [0.3, 0.4) is 0 Å². The average Bonchev–Trinajstić information content (AvgIpc) is 2.20. The molecule has 4 nitrogen and oxygen atoms in total. The molecule has 1 aromatic carbocycles. The number of hydrogen-bond donors (Lipinski definition) is 3. The monoisotopic (exact) mass is 244 g/mol. The minimum Gasteiger partial charge on any atom is -0.504 e. The van der Waals surface area contributed by atoms with Crippen LogP contribution < -0.4 is 0 Å². The molecule has 0 radical (unpaired) electrons. The summed E-state index contributed by atoms with van der Waals surface area (Å²) in [6.07, 6.45) is 0.216. The SMILES string of the molecule is Cc1cc(O)c(O)c(Cl)c1CC(C)C(=O)O. The zero-order chi connectivity index (χ0) is 12.5. The van der Waals surface area contributed by atoms with Crippen LogP contribution in [0.4, 0.5) is 0 Å². The van der Waals surface area contributed by atoms with Crippen molar-refractivity contribution in [2.45, 2.75) is 20.3 Å². The summed E-state index contributed by atoms with van der Waals surface area (Å²) < 4.78 is 0. The maximum atomic E-state index is 10.7. The molecule has 0 heterocycles. The van der Waals surface area contributed by atoms with Crippen molar-refractivity contribution in [3.63, 3.8) is 0 Å². The average molecular weight is 245 g/mol. The van der Waals surface area contributed by atoms with E-state index in [2.05, 4.69) is 0 Å². The van der Waals surface area contributed by atoms with Crippen molar-refractivity contribution in [3.8, 4) is 11.5 Å². The second-order valence-electron chi connectivity index (χ2n) is 3.80. The van der Waals surface area contributed by atoms with Gasteiger partial charge in [0.2, 0.25) is 0 Å². The van der Waals surface area contributed by atoms with E-state index in [1.165, 1.54) is 6.07 Å². The Morgan fingerprint density at radius 2 is 2.06 bits per heavy atom. The summed E-state index contributed by atoms with van der Waals surface area (Å²) in [5.41, 5.74) is 1.21. The maximum absolute atomic E-state index is 10.7. The van der Waals surface area contributed by atoms with Crippen molar-refractivity contribution in [2.75, 3.05) is 0 Å². The van der Waals surface area contributed by atoms with Crippen molar-refractivity contribution in [2.24, 2.45) is 5.92 Å². The van der Waals surface area contributed by atoms with Gasteiger partial charge in [0.25, 0.3) is 0 Å². The molecule has 0 aromatic heterocycles. The molecule has 0 saturated heterocycles. The van der Waals surface area contributed by atoms with Crippen molar-refractivity contribution in [3.05, 3.63) is 22.2 Å². The van der Waals surface area contributed by atoms with Gasteiger partial charge in [0.1, 0.15) is 0 Å². The molecule has 0 aliphatic rings. The molecular formula is C11H13ClO4. The summed E-state index contributed by atoms with van der Waals surface area (Å²) in [6, 6.07) is 1.37. The Balaban J connectivity index is 3.14. The third-order valence-electron chi connectivity index (χ3n) is 2.48. The van der Waals surface area contributed by atoms with E-state index in [9.17, 15) is 15.0 Å². The Morgan fingerprint density at radius 3 is 2.56 bits per heavy atom. The summed E-state index contributed by atoms with van der Waals surface area (Å²) in [5.74, 6) is -2.22. The fourth-order valence-electron chi connectivity index (χ4n) is 1.43. The number of carbonyl (C=O) groups is 1. The Morgan fingerprint density at radius 1 is 1.50 bits per heavy atom. The molecule has 1 unspecified atom stereocenters. The Labute approximate surface area is 98.1 Å². The second-order valence-corrected chi connectivity index (χ2v) is 4.18. The van der Waals surface area contributed by atoms with Gasteiger partial charge >= 0.3 is 5.97 Å². The number of phenolic OH excluding ortho intramolecular Hbond substituents is 2. The molecule has 0 aliphatic carbocycles. The van der Waals surface area contributed by atoms with Crippen LogP contribution in [0.25, 0.3) is 0 Å². The van der Waals surface area contributed by atoms with Gasteiger partial charge in [-0.15, -0.1) is 0 Å². The number of benzene rings is 1. The lowest BCUT2D eigenvalue weighted by molar-refractivity contribution is -0.141. The van der Waals surface area contributed by atoms with E-state index < -0.39 is 17.6 Å². The lowest BCUT2D eigenvalue weighted by atomic mass is 9.97. The quantitative estimate of drug-likeness (QED) is 0.713. The van der Waals surface area contributed by atoms with Crippen LogP contribution in [0.2, 0.25) is 5.02 Å². The molecular weight excluding hydrogens is 232 g/mol. The van der Waals surface area contributed by atoms with Crippen molar-refractivity contribution >= 4 is 17.6 Å². The van der Waals surface area contributed by atoms with Crippen LogP contribution in [0.1, 0.15) is 18.1 Å². The molecule has 0 bridgehead atoms. The molecule has 0 spiro atoms.